The highest BCUT2D eigenvalue weighted by atomic mass is 35.5. The highest BCUT2D eigenvalue weighted by Crippen LogP contribution is 2.26. The highest BCUT2D eigenvalue weighted by Gasteiger charge is 2.22. The topological polar surface area (TPSA) is 47.4 Å². The Labute approximate surface area is 180 Å². The molecule has 0 aliphatic carbocycles. The summed E-state index contributed by atoms with van der Waals surface area (Å²) in [5.74, 6) is 1.07. The van der Waals surface area contributed by atoms with E-state index in [0.29, 0.717) is 34.4 Å². The van der Waals surface area contributed by atoms with Gasteiger partial charge >= 0.3 is 0 Å². The van der Waals surface area contributed by atoms with Gasteiger partial charge in [-0.25, -0.2) is 4.98 Å². The van der Waals surface area contributed by atoms with Crippen molar-refractivity contribution in [3.05, 3.63) is 70.5 Å². The van der Waals surface area contributed by atoms with E-state index in [1.165, 1.54) is 7.11 Å². The van der Waals surface area contributed by atoms with Crippen LogP contribution in [-0.2, 0) is 13.1 Å². The van der Waals surface area contributed by atoms with Gasteiger partial charge in [-0.2, -0.15) is 0 Å². The normalized spacial score (nSPS) is 10.9. The maximum absolute atomic E-state index is 13.3. The summed E-state index contributed by atoms with van der Waals surface area (Å²) in [6.45, 7) is 7.37. The van der Waals surface area contributed by atoms with Gasteiger partial charge in [-0.15, -0.1) is 6.58 Å². The van der Waals surface area contributed by atoms with E-state index in [1.54, 1.807) is 29.2 Å². The molecule has 29 heavy (non-hydrogen) atoms. The van der Waals surface area contributed by atoms with Crippen LogP contribution < -0.4 is 4.74 Å². The molecule has 0 bridgehead atoms. The second-order valence-corrected chi connectivity index (χ2v) is 7.50. The number of fused-ring (bicyclic) bond motifs is 1. The van der Waals surface area contributed by atoms with Crippen LogP contribution in [0.25, 0.3) is 11.0 Å². The zero-order valence-corrected chi connectivity index (χ0v) is 18.0. The number of carbonyl (C=O) groups excluding carboxylic acids is 1. The molecule has 2 aromatic carbocycles. The summed E-state index contributed by atoms with van der Waals surface area (Å²) in [5, 5.41) is 1.13. The molecule has 0 saturated carbocycles. The number of carbonyl (C=O) groups is 1. The first-order valence-electron chi connectivity index (χ1n) is 9.36. The van der Waals surface area contributed by atoms with Crippen molar-refractivity contribution in [1.82, 2.24) is 14.5 Å². The van der Waals surface area contributed by atoms with E-state index in [4.69, 9.17) is 32.9 Å². The summed E-state index contributed by atoms with van der Waals surface area (Å²) >= 11 is 12.3. The third-order valence-corrected chi connectivity index (χ3v) is 5.07. The monoisotopic (exact) mass is 431 g/mol. The predicted octanol–water partition coefficient (Wildman–Crippen LogP) is 5.59. The Bertz CT molecular complexity index is 1050. The highest BCUT2D eigenvalue weighted by molar-refractivity contribution is 6.31. The Balaban J connectivity index is 2.01. The molecule has 0 aliphatic rings. The van der Waals surface area contributed by atoms with Gasteiger partial charge in [-0.1, -0.05) is 36.2 Å². The lowest BCUT2D eigenvalue weighted by Gasteiger charge is -2.22. The molecule has 7 heteroatoms. The Hall–Kier alpha value is -2.50. The molecule has 3 aromatic rings. The van der Waals surface area contributed by atoms with Crippen molar-refractivity contribution >= 4 is 40.1 Å². The predicted molar refractivity (Wildman–Crippen MR) is 118 cm³/mol. The quantitative estimate of drug-likeness (QED) is 0.436. The van der Waals surface area contributed by atoms with Crippen molar-refractivity contribution in [3.8, 4) is 5.75 Å². The second-order valence-electron chi connectivity index (χ2n) is 6.63. The molecule has 0 saturated heterocycles. The van der Waals surface area contributed by atoms with Crippen molar-refractivity contribution < 1.29 is 9.53 Å². The molecule has 0 fully saturated rings. The van der Waals surface area contributed by atoms with Crippen LogP contribution in [0, 0.1) is 0 Å². The van der Waals surface area contributed by atoms with E-state index in [9.17, 15) is 4.79 Å². The van der Waals surface area contributed by atoms with Gasteiger partial charge in [0.2, 0.25) is 0 Å². The first-order chi connectivity index (χ1) is 14.0. The Kier molecular flexibility index (Phi) is 6.83. The second kappa shape index (κ2) is 9.33. The molecule has 5 nitrogen and oxygen atoms in total. The Morgan fingerprint density at radius 2 is 1.97 bits per heavy atom. The number of hydrogen-bond donors (Lipinski definition) is 0. The fraction of sp³-hybridized carbons (Fsp3) is 0.273. The molecule has 0 radical (unpaired) electrons. The number of benzene rings is 2. The summed E-state index contributed by atoms with van der Waals surface area (Å²) < 4.78 is 7.47. The van der Waals surface area contributed by atoms with Crippen molar-refractivity contribution in [1.29, 1.82) is 0 Å². The third-order valence-electron chi connectivity index (χ3n) is 4.60. The summed E-state index contributed by atoms with van der Waals surface area (Å²) in [4.78, 5) is 19.7. The van der Waals surface area contributed by atoms with Crippen LogP contribution in [0.5, 0.6) is 5.75 Å². The zero-order valence-electron chi connectivity index (χ0n) is 16.5. The summed E-state index contributed by atoms with van der Waals surface area (Å²) in [6.07, 6.45) is 2.63. The standard InChI is InChI=1S/C22H23Cl2N3O2/c1-4-10-26(22(28)17-12-15(23)7-9-20(17)29-3)14-21-25-18-8-6-16(24)13-19(18)27(21)11-5-2/h4,6-9,12-13H,1,5,10-11,14H2,2-3H3. The number of halogens is 2. The van der Waals surface area contributed by atoms with Gasteiger partial charge in [0.1, 0.15) is 11.6 Å². The number of ether oxygens (including phenoxy) is 1. The fourth-order valence-corrected chi connectivity index (χ4v) is 3.64. The minimum absolute atomic E-state index is 0.197. The lowest BCUT2D eigenvalue weighted by molar-refractivity contribution is 0.0754. The van der Waals surface area contributed by atoms with Crippen molar-refractivity contribution in [2.75, 3.05) is 13.7 Å². The van der Waals surface area contributed by atoms with Gasteiger partial charge in [-0.05, 0) is 42.8 Å². The van der Waals surface area contributed by atoms with E-state index in [1.807, 2.05) is 18.2 Å². The molecule has 0 spiro atoms. The fourth-order valence-electron chi connectivity index (χ4n) is 3.30. The van der Waals surface area contributed by atoms with E-state index < -0.39 is 0 Å². The molecule has 1 aromatic heterocycles. The van der Waals surface area contributed by atoms with Crippen LogP contribution in [0.2, 0.25) is 10.0 Å². The summed E-state index contributed by atoms with van der Waals surface area (Å²) in [6, 6.07) is 10.6. The van der Waals surface area contributed by atoms with E-state index >= 15 is 0 Å². The summed E-state index contributed by atoms with van der Waals surface area (Å²) in [7, 11) is 1.53. The maximum atomic E-state index is 13.3. The molecule has 152 valence electrons. The minimum atomic E-state index is -0.197. The number of amides is 1. The number of nitrogens with zero attached hydrogens (tertiary/aromatic N) is 3. The van der Waals surface area contributed by atoms with Crippen LogP contribution in [-0.4, -0.2) is 34.0 Å². The van der Waals surface area contributed by atoms with Gasteiger partial charge in [-0.3, -0.25) is 4.79 Å². The van der Waals surface area contributed by atoms with E-state index in [0.717, 1.165) is 29.8 Å². The van der Waals surface area contributed by atoms with Gasteiger partial charge in [0.25, 0.3) is 5.91 Å². The maximum Gasteiger partial charge on any atom is 0.258 e. The van der Waals surface area contributed by atoms with Crippen LogP contribution in [0.1, 0.15) is 29.5 Å². The molecule has 0 aliphatic heterocycles. The average molecular weight is 432 g/mol. The molecular weight excluding hydrogens is 409 g/mol. The number of rotatable bonds is 8. The first-order valence-corrected chi connectivity index (χ1v) is 10.1. The lowest BCUT2D eigenvalue weighted by atomic mass is 10.1. The summed E-state index contributed by atoms with van der Waals surface area (Å²) in [5.41, 5.74) is 2.22. The van der Waals surface area contributed by atoms with Gasteiger partial charge in [0.05, 0.1) is 30.3 Å². The van der Waals surface area contributed by atoms with Crippen molar-refractivity contribution in [2.45, 2.75) is 26.4 Å². The first kappa shape index (κ1) is 21.2. The van der Waals surface area contributed by atoms with Gasteiger partial charge in [0.15, 0.2) is 0 Å². The molecule has 1 amide bonds. The molecular formula is C22H23Cl2N3O2. The largest absolute Gasteiger partial charge is 0.496 e. The number of hydrogen-bond acceptors (Lipinski definition) is 3. The van der Waals surface area contributed by atoms with Gasteiger partial charge < -0.3 is 14.2 Å². The van der Waals surface area contributed by atoms with Crippen LogP contribution in [0.15, 0.2) is 49.1 Å². The van der Waals surface area contributed by atoms with E-state index in [2.05, 4.69) is 18.1 Å². The van der Waals surface area contributed by atoms with Crippen molar-refractivity contribution in [3.63, 3.8) is 0 Å². The molecule has 0 atom stereocenters. The Morgan fingerprint density at radius 1 is 1.24 bits per heavy atom. The number of imidazole rings is 1. The third kappa shape index (κ3) is 4.57. The molecule has 0 unspecified atom stereocenters. The molecule has 1 heterocycles. The number of aryl methyl sites for hydroxylation is 1. The van der Waals surface area contributed by atoms with Crippen molar-refractivity contribution in [2.24, 2.45) is 0 Å². The Morgan fingerprint density at radius 3 is 2.66 bits per heavy atom. The number of aromatic nitrogens is 2. The lowest BCUT2D eigenvalue weighted by Crippen LogP contribution is -2.32. The van der Waals surface area contributed by atoms with Gasteiger partial charge in [0, 0.05) is 23.1 Å². The zero-order chi connectivity index (χ0) is 21.0. The SMILES string of the molecule is C=CCN(Cc1nc2ccc(Cl)cc2n1CCC)C(=O)c1cc(Cl)ccc1OC. The molecule has 3 rings (SSSR count). The smallest absolute Gasteiger partial charge is 0.258 e. The molecule has 0 N–H and O–H groups in total. The average Bonchev–Trinajstić information content (AvgIpc) is 3.04. The van der Waals surface area contributed by atoms with Crippen LogP contribution >= 0.6 is 23.2 Å². The van der Waals surface area contributed by atoms with Crippen LogP contribution in [0.4, 0.5) is 0 Å². The van der Waals surface area contributed by atoms with Crippen LogP contribution in [0.3, 0.4) is 0 Å². The number of methoxy groups -OCH3 is 1. The van der Waals surface area contributed by atoms with E-state index in [-0.39, 0.29) is 5.91 Å². The minimum Gasteiger partial charge on any atom is -0.496 e.